The number of rotatable bonds is 6. The van der Waals surface area contributed by atoms with Crippen molar-refractivity contribution in [1.29, 1.82) is 0 Å². The zero-order chi connectivity index (χ0) is 16.2. The minimum Gasteiger partial charge on any atom is -0.467 e. The van der Waals surface area contributed by atoms with E-state index in [4.69, 9.17) is 4.74 Å². The number of likely N-dealkylation sites (tertiary alicyclic amines) is 1. The second-order valence-electron chi connectivity index (χ2n) is 6.25. The van der Waals surface area contributed by atoms with E-state index in [0.29, 0.717) is 13.0 Å². The largest absolute Gasteiger partial charge is 0.467 e. The van der Waals surface area contributed by atoms with Crippen molar-refractivity contribution >= 4 is 17.8 Å². The van der Waals surface area contributed by atoms with E-state index in [9.17, 15) is 14.4 Å². The van der Waals surface area contributed by atoms with Crippen LogP contribution in [0.25, 0.3) is 0 Å². The summed E-state index contributed by atoms with van der Waals surface area (Å²) < 4.78 is 4.73. The van der Waals surface area contributed by atoms with Gasteiger partial charge in [0, 0.05) is 19.0 Å². The molecule has 0 spiro atoms. The predicted octanol–water partition coefficient (Wildman–Crippen LogP) is 0.947. The van der Waals surface area contributed by atoms with Crippen molar-refractivity contribution in [2.75, 3.05) is 13.7 Å². The van der Waals surface area contributed by atoms with Crippen LogP contribution < -0.4 is 5.32 Å². The first-order valence-corrected chi connectivity index (χ1v) is 7.43. The highest BCUT2D eigenvalue weighted by Crippen LogP contribution is 2.20. The van der Waals surface area contributed by atoms with Gasteiger partial charge in [0.2, 0.25) is 11.8 Å². The molecule has 1 aliphatic rings. The summed E-state index contributed by atoms with van der Waals surface area (Å²) >= 11 is 0. The van der Waals surface area contributed by atoms with Gasteiger partial charge < -0.3 is 15.0 Å². The van der Waals surface area contributed by atoms with E-state index in [1.807, 2.05) is 27.7 Å². The van der Waals surface area contributed by atoms with Crippen LogP contribution in [0.2, 0.25) is 0 Å². The van der Waals surface area contributed by atoms with Crippen LogP contribution in [-0.2, 0) is 19.1 Å². The number of carbonyl (C=O) groups is 3. The molecule has 120 valence electrons. The van der Waals surface area contributed by atoms with Crippen LogP contribution >= 0.6 is 0 Å². The van der Waals surface area contributed by atoms with Gasteiger partial charge in [-0.2, -0.15) is 0 Å². The molecule has 6 heteroatoms. The lowest BCUT2D eigenvalue weighted by Gasteiger charge is -2.22. The van der Waals surface area contributed by atoms with E-state index in [1.165, 1.54) is 7.11 Å². The first-order valence-electron chi connectivity index (χ1n) is 7.43. The molecular weight excluding hydrogens is 272 g/mol. The normalized spacial score (nSPS) is 20.0. The zero-order valence-electron chi connectivity index (χ0n) is 13.5. The molecule has 1 fully saturated rings. The second kappa shape index (κ2) is 7.43. The first kappa shape index (κ1) is 17.5. The molecule has 0 bridgehead atoms. The minimum absolute atomic E-state index is 0.0105. The van der Waals surface area contributed by atoms with Crippen LogP contribution in [0.1, 0.15) is 40.5 Å². The lowest BCUT2D eigenvalue weighted by atomic mass is 10.0. The van der Waals surface area contributed by atoms with Crippen LogP contribution in [-0.4, -0.2) is 48.4 Å². The molecule has 1 heterocycles. The van der Waals surface area contributed by atoms with E-state index in [1.54, 1.807) is 4.90 Å². The summed E-state index contributed by atoms with van der Waals surface area (Å²) in [5.74, 6) is -0.834. The van der Waals surface area contributed by atoms with E-state index >= 15 is 0 Å². The van der Waals surface area contributed by atoms with E-state index < -0.39 is 12.0 Å². The maximum Gasteiger partial charge on any atom is 0.328 e. The van der Waals surface area contributed by atoms with Crippen LogP contribution in [0.4, 0.5) is 0 Å². The molecule has 1 rings (SSSR count). The van der Waals surface area contributed by atoms with Gasteiger partial charge in [-0.05, 0) is 26.2 Å². The summed E-state index contributed by atoms with van der Waals surface area (Å²) in [4.78, 5) is 37.5. The Hall–Kier alpha value is -1.59. The number of carbonyl (C=O) groups excluding carboxylic acids is 3. The smallest absolute Gasteiger partial charge is 0.328 e. The topological polar surface area (TPSA) is 75.7 Å². The van der Waals surface area contributed by atoms with Crippen molar-refractivity contribution in [3.63, 3.8) is 0 Å². The lowest BCUT2D eigenvalue weighted by Crippen LogP contribution is -2.45. The Morgan fingerprint density at radius 2 is 1.95 bits per heavy atom. The second-order valence-corrected chi connectivity index (χ2v) is 6.25. The fraction of sp³-hybridized carbons (Fsp3) is 0.800. The number of esters is 1. The summed E-state index contributed by atoms with van der Waals surface area (Å²) in [7, 11) is 1.31. The van der Waals surface area contributed by atoms with Crippen molar-refractivity contribution in [3.05, 3.63) is 0 Å². The van der Waals surface area contributed by atoms with Crippen molar-refractivity contribution in [2.45, 2.75) is 52.6 Å². The summed E-state index contributed by atoms with van der Waals surface area (Å²) in [6, 6.07) is -0.562. The third-order valence-corrected chi connectivity index (χ3v) is 3.66. The number of nitrogens with one attached hydrogen (secondary N) is 1. The van der Waals surface area contributed by atoms with Gasteiger partial charge in [0.15, 0.2) is 0 Å². The molecule has 2 atom stereocenters. The first-order chi connectivity index (χ1) is 9.76. The Kier molecular flexibility index (Phi) is 6.18. The molecule has 2 unspecified atom stereocenters. The number of hydrogen-bond donors (Lipinski definition) is 1. The van der Waals surface area contributed by atoms with Gasteiger partial charge in [0.1, 0.15) is 6.04 Å². The van der Waals surface area contributed by atoms with Gasteiger partial charge in [0.05, 0.1) is 13.0 Å². The number of methoxy groups -OCH3 is 1. The van der Waals surface area contributed by atoms with Crippen LogP contribution in [0.5, 0.6) is 0 Å². The van der Waals surface area contributed by atoms with E-state index in [2.05, 4.69) is 5.32 Å². The van der Waals surface area contributed by atoms with Crippen molar-refractivity contribution in [3.8, 4) is 0 Å². The maximum atomic E-state index is 12.3. The van der Waals surface area contributed by atoms with Gasteiger partial charge in [-0.25, -0.2) is 4.79 Å². The van der Waals surface area contributed by atoms with Crippen LogP contribution in [0, 0.1) is 11.8 Å². The summed E-state index contributed by atoms with van der Waals surface area (Å²) in [6.07, 6.45) is 0.729. The number of hydrogen-bond acceptors (Lipinski definition) is 4. The molecular formula is C15H26N2O4. The fourth-order valence-electron chi connectivity index (χ4n) is 2.52. The fourth-order valence-corrected chi connectivity index (χ4v) is 2.52. The van der Waals surface area contributed by atoms with Crippen molar-refractivity contribution < 1.29 is 19.1 Å². The third kappa shape index (κ3) is 4.72. The number of nitrogens with zero attached hydrogens (tertiary/aromatic N) is 1. The SMILES string of the molecule is COC(=O)C(CC(C)C)NC(=O)C1CC(=O)N(C(C)C)C1. The quantitative estimate of drug-likeness (QED) is 0.741. The average molecular weight is 298 g/mol. The van der Waals surface area contributed by atoms with Gasteiger partial charge in [-0.1, -0.05) is 13.8 Å². The number of amides is 2. The third-order valence-electron chi connectivity index (χ3n) is 3.66. The number of ether oxygens (including phenoxy) is 1. The average Bonchev–Trinajstić information content (AvgIpc) is 2.78. The standard InChI is InChI=1S/C15H26N2O4/c1-9(2)6-12(15(20)21-5)16-14(19)11-7-13(18)17(8-11)10(3)4/h9-12H,6-8H2,1-5H3,(H,16,19). The Bertz CT molecular complexity index is 406. The summed E-state index contributed by atoms with van der Waals surface area (Å²) in [6.45, 7) is 8.21. The van der Waals surface area contributed by atoms with Gasteiger partial charge in [0.25, 0.3) is 0 Å². The Labute approximate surface area is 126 Å². The summed E-state index contributed by atoms with van der Waals surface area (Å²) in [5.41, 5.74) is 0. The molecule has 0 saturated carbocycles. The van der Waals surface area contributed by atoms with E-state index in [-0.39, 0.29) is 36.1 Å². The molecule has 1 N–H and O–H groups in total. The molecule has 0 aliphatic carbocycles. The molecule has 1 aliphatic heterocycles. The molecule has 1 saturated heterocycles. The van der Waals surface area contributed by atoms with Crippen LogP contribution in [0.15, 0.2) is 0 Å². The van der Waals surface area contributed by atoms with Crippen molar-refractivity contribution in [1.82, 2.24) is 10.2 Å². The molecule has 0 aromatic carbocycles. The monoisotopic (exact) mass is 298 g/mol. The lowest BCUT2D eigenvalue weighted by molar-refractivity contribution is -0.146. The predicted molar refractivity (Wildman–Crippen MR) is 78.4 cm³/mol. The molecule has 0 aromatic rings. The highest BCUT2D eigenvalue weighted by Gasteiger charge is 2.37. The molecule has 0 radical (unpaired) electrons. The highest BCUT2D eigenvalue weighted by molar-refractivity contribution is 5.91. The Morgan fingerprint density at radius 3 is 2.38 bits per heavy atom. The minimum atomic E-state index is -0.647. The van der Waals surface area contributed by atoms with Gasteiger partial charge in [-0.15, -0.1) is 0 Å². The molecule has 0 aromatic heterocycles. The Balaban J connectivity index is 2.66. The van der Waals surface area contributed by atoms with Crippen LogP contribution in [0.3, 0.4) is 0 Å². The molecule has 2 amide bonds. The van der Waals surface area contributed by atoms with Gasteiger partial charge >= 0.3 is 5.97 Å². The van der Waals surface area contributed by atoms with Gasteiger partial charge in [-0.3, -0.25) is 9.59 Å². The molecule has 21 heavy (non-hydrogen) atoms. The zero-order valence-corrected chi connectivity index (χ0v) is 13.5. The van der Waals surface area contributed by atoms with E-state index in [0.717, 1.165) is 0 Å². The highest BCUT2D eigenvalue weighted by atomic mass is 16.5. The Morgan fingerprint density at radius 1 is 1.33 bits per heavy atom. The maximum absolute atomic E-state index is 12.3. The summed E-state index contributed by atoms with van der Waals surface area (Å²) in [5, 5.41) is 2.73. The molecule has 6 nitrogen and oxygen atoms in total. The van der Waals surface area contributed by atoms with Crippen molar-refractivity contribution in [2.24, 2.45) is 11.8 Å².